The minimum atomic E-state index is 0.122. The molecule has 0 aliphatic rings. The van der Waals surface area contributed by atoms with Crippen LogP contribution in [0.5, 0.6) is 0 Å². The zero-order valence-electron chi connectivity index (χ0n) is 19.6. The van der Waals surface area contributed by atoms with E-state index in [2.05, 4.69) is 52.7 Å². The third-order valence-electron chi connectivity index (χ3n) is 5.16. The molecule has 0 bridgehead atoms. The summed E-state index contributed by atoms with van der Waals surface area (Å²) < 4.78 is 1.28. The molecular formula is C22H48N4O2+2. The average Bonchev–Trinajstić information content (AvgIpc) is 2.59. The number of nitrogens with zero attached hydrogens (tertiary/aromatic N) is 2. The monoisotopic (exact) mass is 400 g/mol. The fourth-order valence-corrected chi connectivity index (χ4v) is 3.15. The molecule has 0 aliphatic carbocycles. The second-order valence-corrected chi connectivity index (χ2v) is 9.46. The largest absolute Gasteiger partial charge is 0.351 e. The molecule has 0 aliphatic heterocycles. The maximum atomic E-state index is 12.2. The van der Waals surface area contributed by atoms with Gasteiger partial charge in [0.05, 0.1) is 28.2 Å². The van der Waals surface area contributed by atoms with E-state index >= 15 is 0 Å². The molecule has 2 N–H and O–H groups in total. The molecule has 28 heavy (non-hydrogen) atoms. The number of amides is 2. The highest BCUT2D eigenvalue weighted by Crippen LogP contribution is 2.04. The molecular weight excluding hydrogens is 352 g/mol. The van der Waals surface area contributed by atoms with Crippen molar-refractivity contribution in [2.75, 3.05) is 67.5 Å². The number of rotatable bonds is 17. The third kappa shape index (κ3) is 15.9. The number of nitrogens with one attached hydrogen (secondary N) is 2. The van der Waals surface area contributed by atoms with Crippen molar-refractivity contribution in [1.82, 2.24) is 10.6 Å². The molecule has 0 aromatic rings. The number of unbranched alkanes of at least 4 members (excludes halogenated alkanes) is 6. The number of likely N-dealkylation sites (N-methyl/N-ethyl adjacent to an activating group) is 2. The van der Waals surface area contributed by atoms with Crippen LogP contribution in [0.4, 0.5) is 0 Å². The molecule has 0 radical (unpaired) electrons. The Balaban J connectivity index is 4.10. The third-order valence-corrected chi connectivity index (χ3v) is 5.16. The number of hydrogen-bond donors (Lipinski definition) is 2. The lowest BCUT2D eigenvalue weighted by atomic mass is 10.2. The van der Waals surface area contributed by atoms with Crippen LogP contribution in [0.3, 0.4) is 0 Å². The van der Waals surface area contributed by atoms with Gasteiger partial charge in [0.15, 0.2) is 13.1 Å². The summed E-state index contributed by atoms with van der Waals surface area (Å²) in [5, 5.41) is 6.08. The highest BCUT2D eigenvalue weighted by Gasteiger charge is 2.26. The van der Waals surface area contributed by atoms with Gasteiger partial charge in [-0.2, -0.15) is 0 Å². The second kappa shape index (κ2) is 14.8. The molecule has 0 fully saturated rings. The Morgan fingerprint density at radius 2 is 0.964 bits per heavy atom. The van der Waals surface area contributed by atoms with E-state index in [1.807, 2.05) is 0 Å². The van der Waals surface area contributed by atoms with E-state index in [0.717, 1.165) is 39.0 Å². The highest BCUT2D eigenvalue weighted by atomic mass is 16.2. The van der Waals surface area contributed by atoms with Crippen LogP contribution < -0.4 is 10.6 Å². The summed E-state index contributed by atoms with van der Waals surface area (Å²) in [4.78, 5) is 24.4. The molecule has 6 heteroatoms. The zero-order valence-corrected chi connectivity index (χ0v) is 19.6. The molecule has 0 spiro atoms. The molecule has 0 unspecified atom stereocenters. The van der Waals surface area contributed by atoms with Crippen LogP contribution in [0.15, 0.2) is 0 Å². The lowest BCUT2D eigenvalue weighted by molar-refractivity contribution is -0.938. The topological polar surface area (TPSA) is 58.2 Å². The van der Waals surface area contributed by atoms with Gasteiger partial charge >= 0.3 is 0 Å². The quantitative estimate of drug-likeness (QED) is 0.291. The lowest BCUT2D eigenvalue weighted by Gasteiger charge is -2.34. The first-order valence-electron chi connectivity index (χ1n) is 11.3. The predicted octanol–water partition coefficient (Wildman–Crippen LogP) is 2.53. The first-order chi connectivity index (χ1) is 13.1. The van der Waals surface area contributed by atoms with Gasteiger partial charge < -0.3 is 19.6 Å². The number of hydrogen-bond acceptors (Lipinski definition) is 2. The Morgan fingerprint density at radius 1 is 0.607 bits per heavy atom. The van der Waals surface area contributed by atoms with E-state index in [9.17, 15) is 9.59 Å². The van der Waals surface area contributed by atoms with Crippen molar-refractivity contribution in [1.29, 1.82) is 0 Å². The van der Waals surface area contributed by atoms with Crippen LogP contribution in [-0.2, 0) is 9.59 Å². The Kier molecular flexibility index (Phi) is 14.2. The smallest absolute Gasteiger partial charge is 0.275 e. The van der Waals surface area contributed by atoms with Crippen molar-refractivity contribution >= 4 is 11.8 Å². The molecule has 166 valence electrons. The molecule has 0 aromatic heterocycles. The Morgan fingerprint density at radius 3 is 1.29 bits per heavy atom. The van der Waals surface area contributed by atoms with Gasteiger partial charge in [0, 0.05) is 13.1 Å². The van der Waals surface area contributed by atoms with Gasteiger partial charge in [0.2, 0.25) is 0 Å². The van der Waals surface area contributed by atoms with Crippen molar-refractivity contribution in [3.05, 3.63) is 0 Å². The highest BCUT2D eigenvalue weighted by molar-refractivity contribution is 5.77. The molecule has 0 rings (SSSR count). The summed E-state index contributed by atoms with van der Waals surface area (Å²) >= 11 is 0. The first kappa shape index (κ1) is 26.9. The first-order valence-corrected chi connectivity index (χ1v) is 11.3. The van der Waals surface area contributed by atoms with Crippen molar-refractivity contribution in [3.63, 3.8) is 0 Å². The average molecular weight is 401 g/mol. The standard InChI is InChI=1S/C22H46N4O2/c1-7-9-11-13-15-23-21(27)19-25(3,4)17-18-26(5,6)20-22(28)24-16-14-12-10-8-2/h7-20H2,1-6H3/p+2. The van der Waals surface area contributed by atoms with E-state index in [4.69, 9.17) is 0 Å². The van der Waals surface area contributed by atoms with Gasteiger partial charge in [0.25, 0.3) is 11.8 Å². The maximum Gasteiger partial charge on any atom is 0.275 e. The summed E-state index contributed by atoms with van der Waals surface area (Å²) in [6.45, 7) is 8.62. The van der Waals surface area contributed by atoms with Crippen molar-refractivity contribution in [2.24, 2.45) is 0 Å². The number of carbonyl (C=O) groups is 2. The minimum absolute atomic E-state index is 0.122. The molecule has 0 atom stereocenters. The Hall–Kier alpha value is -1.14. The molecule has 0 saturated carbocycles. The van der Waals surface area contributed by atoms with Gasteiger partial charge in [-0.1, -0.05) is 52.4 Å². The van der Waals surface area contributed by atoms with E-state index in [1.165, 1.54) is 38.5 Å². The predicted molar refractivity (Wildman–Crippen MR) is 118 cm³/mol. The lowest BCUT2D eigenvalue weighted by Crippen LogP contribution is -2.56. The van der Waals surface area contributed by atoms with Crippen LogP contribution in [0.2, 0.25) is 0 Å². The zero-order chi connectivity index (χ0) is 21.5. The summed E-state index contributed by atoms with van der Waals surface area (Å²) in [6, 6.07) is 0. The summed E-state index contributed by atoms with van der Waals surface area (Å²) in [7, 11) is 8.35. The van der Waals surface area contributed by atoms with Gasteiger partial charge in [-0.05, 0) is 12.8 Å². The minimum Gasteiger partial charge on any atom is -0.351 e. The summed E-state index contributed by atoms with van der Waals surface area (Å²) in [6.07, 6.45) is 9.37. The maximum absolute atomic E-state index is 12.2. The molecule has 0 saturated heterocycles. The van der Waals surface area contributed by atoms with E-state index < -0.39 is 0 Å². The molecule has 0 heterocycles. The summed E-state index contributed by atoms with van der Waals surface area (Å²) in [5.74, 6) is 0.244. The van der Waals surface area contributed by atoms with Crippen molar-refractivity contribution in [2.45, 2.75) is 65.2 Å². The Labute approximate surface area is 174 Å². The van der Waals surface area contributed by atoms with Crippen LogP contribution in [-0.4, -0.2) is 88.2 Å². The SMILES string of the molecule is CCCCCCNC(=O)C[N+](C)(C)CC[N+](C)(C)CC(=O)NCCCCCC. The van der Waals surface area contributed by atoms with Crippen LogP contribution in [0.1, 0.15) is 65.2 Å². The van der Waals surface area contributed by atoms with Gasteiger partial charge in [0.1, 0.15) is 13.1 Å². The molecule has 2 amide bonds. The van der Waals surface area contributed by atoms with E-state index in [-0.39, 0.29) is 11.8 Å². The van der Waals surface area contributed by atoms with Gasteiger partial charge in [-0.15, -0.1) is 0 Å². The number of carbonyl (C=O) groups excluding carboxylic acids is 2. The van der Waals surface area contributed by atoms with Gasteiger partial charge in [-0.25, -0.2) is 0 Å². The van der Waals surface area contributed by atoms with Crippen LogP contribution in [0, 0.1) is 0 Å². The van der Waals surface area contributed by atoms with E-state index in [0.29, 0.717) is 22.1 Å². The molecule has 0 aromatic carbocycles. The second-order valence-electron chi connectivity index (χ2n) is 9.46. The Bertz CT molecular complexity index is 396. The summed E-state index contributed by atoms with van der Waals surface area (Å²) in [5.41, 5.74) is 0. The van der Waals surface area contributed by atoms with E-state index in [1.54, 1.807) is 0 Å². The fraction of sp³-hybridized carbons (Fsp3) is 0.909. The van der Waals surface area contributed by atoms with Crippen molar-refractivity contribution in [3.8, 4) is 0 Å². The van der Waals surface area contributed by atoms with Gasteiger partial charge in [-0.3, -0.25) is 9.59 Å². The van der Waals surface area contributed by atoms with Crippen LogP contribution >= 0.6 is 0 Å². The molecule has 6 nitrogen and oxygen atoms in total. The fourth-order valence-electron chi connectivity index (χ4n) is 3.15. The normalized spacial score (nSPS) is 12.1. The van der Waals surface area contributed by atoms with Crippen molar-refractivity contribution < 1.29 is 18.6 Å². The number of quaternary nitrogens is 2. The van der Waals surface area contributed by atoms with Crippen LogP contribution in [0.25, 0.3) is 0 Å².